The van der Waals surface area contributed by atoms with Gasteiger partial charge >= 0.3 is 0 Å². The van der Waals surface area contributed by atoms with Crippen LogP contribution in [0.25, 0.3) is 0 Å². The van der Waals surface area contributed by atoms with Gasteiger partial charge < -0.3 is 9.80 Å². The van der Waals surface area contributed by atoms with E-state index in [2.05, 4.69) is 11.8 Å². The second kappa shape index (κ2) is 9.41. The first-order valence-electron chi connectivity index (χ1n) is 7.48. The predicted molar refractivity (Wildman–Crippen MR) is 86.4 cm³/mol. The maximum Gasteiger partial charge on any atom is 0.253 e. The van der Waals surface area contributed by atoms with Crippen molar-refractivity contribution >= 4 is 11.6 Å². The molecule has 0 heterocycles. The Balaban J connectivity index is 2.81. The van der Waals surface area contributed by atoms with Gasteiger partial charge in [-0.1, -0.05) is 6.92 Å². The highest BCUT2D eigenvalue weighted by atomic mass is 16.2. The lowest BCUT2D eigenvalue weighted by Gasteiger charge is -2.22. The summed E-state index contributed by atoms with van der Waals surface area (Å²) in [6.07, 6.45) is 1.61. The van der Waals surface area contributed by atoms with Gasteiger partial charge in [0, 0.05) is 37.9 Å². The SMILES string of the molecule is CCCN(C)c1ccc(C(=O)N(CCC#N)CCC#N)cc1. The smallest absolute Gasteiger partial charge is 0.253 e. The molecule has 0 saturated heterocycles. The Morgan fingerprint density at radius 1 is 1.05 bits per heavy atom. The molecular formula is C17H22N4O. The minimum Gasteiger partial charge on any atom is -0.375 e. The molecule has 1 rings (SSSR count). The molecule has 0 radical (unpaired) electrons. The summed E-state index contributed by atoms with van der Waals surface area (Å²) >= 11 is 0. The number of rotatable bonds is 8. The molecule has 116 valence electrons. The number of nitriles is 2. The molecule has 1 aromatic carbocycles. The normalized spacial score (nSPS) is 9.64. The van der Waals surface area contributed by atoms with E-state index >= 15 is 0 Å². The van der Waals surface area contributed by atoms with Gasteiger partial charge in [0.05, 0.1) is 25.0 Å². The molecule has 0 spiro atoms. The van der Waals surface area contributed by atoms with Crippen LogP contribution in [0.5, 0.6) is 0 Å². The van der Waals surface area contributed by atoms with E-state index in [-0.39, 0.29) is 18.7 Å². The molecule has 0 N–H and O–H groups in total. The molecule has 0 bridgehead atoms. The number of hydrogen-bond donors (Lipinski definition) is 0. The predicted octanol–water partition coefficient (Wildman–Crippen LogP) is 2.80. The average Bonchev–Trinajstić information content (AvgIpc) is 2.55. The minimum absolute atomic E-state index is 0.129. The van der Waals surface area contributed by atoms with E-state index in [1.807, 2.05) is 31.3 Å². The summed E-state index contributed by atoms with van der Waals surface area (Å²) in [5, 5.41) is 17.4. The summed E-state index contributed by atoms with van der Waals surface area (Å²) in [7, 11) is 2.02. The monoisotopic (exact) mass is 298 g/mol. The minimum atomic E-state index is -0.129. The van der Waals surface area contributed by atoms with Crippen molar-refractivity contribution < 1.29 is 4.79 Å². The zero-order valence-corrected chi connectivity index (χ0v) is 13.2. The summed E-state index contributed by atoms with van der Waals surface area (Å²) < 4.78 is 0. The van der Waals surface area contributed by atoms with Gasteiger partial charge in [-0.05, 0) is 30.7 Å². The van der Waals surface area contributed by atoms with Gasteiger partial charge in [0.15, 0.2) is 0 Å². The van der Waals surface area contributed by atoms with Crippen LogP contribution in [0.15, 0.2) is 24.3 Å². The molecular weight excluding hydrogens is 276 g/mol. The molecule has 0 aliphatic heterocycles. The van der Waals surface area contributed by atoms with Gasteiger partial charge in [-0.2, -0.15) is 10.5 Å². The number of carbonyl (C=O) groups is 1. The van der Waals surface area contributed by atoms with Crippen LogP contribution in [0, 0.1) is 22.7 Å². The first-order valence-corrected chi connectivity index (χ1v) is 7.48. The quantitative estimate of drug-likeness (QED) is 0.740. The van der Waals surface area contributed by atoms with Crippen molar-refractivity contribution in [2.45, 2.75) is 26.2 Å². The summed E-state index contributed by atoms with van der Waals surface area (Å²) in [4.78, 5) is 16.2. The van der Waals surface area contributed by atoms with E-state index in [9.17, 15) is 4.79 Å². The highest BCUT2D eigenvalue weighted by Crippen LogP contribution is 2.15. The van der Waals surface area contributed by atoms with E-state index < -0.39 is 0 Å². The second-order valence-electron chi connectivity index (χ2n) is 5.08. The standard InChI is InChI=1S/C17H22N4O/c1-3-12-20(2)16-8-6-15(7-9-16)17(22)21(13-4-10-18)14-5-11-19/h6-9H,3-5,12-14H2,1-2H3. The van der Waals surface area contributed by atoms with E-state index in [4.69, 9.17) is 10.5 Å². The van der Waals surface area contributed by atoms with Crippen LogP contribution < -0.4 is 4.90 Å². The lowest BCUT2D eigenvalue weighted by molar-refractivity contribution is 0.0762. The molecule has 0 unspecified atom stereocenters. The third-order valence-corrected chi connectivity index (χ3v) is 3.39. The van der Waals surface area contributed by atoms with Crippen LogP contribution in [0.4, 0.5) is 5.69 Å². The average molecular weight is 298 g/mol. The zero-order chi connectivity index (χ0) is 16.4. The molecule has 1 aromatic rings. The van der Waals surface area contributed by atoms with Crippen molar-refractivity contribution in [3.63, 3.8) is 0 Å². The summed E-state index contributed by atoms with van der Waals surface area (Å²) in [6, 6.07) is 11.5. The molecule has 0 fully saturated rings. The van der Waals surface area contributed by atoms with Gasteiger partial charge in [-0.15, -0.1) is 0 Å². The topological polar surface area (TPSA) is 71.1 Å². The van der Waals surface area contributed by atoms with Gasteiger partial charge in [0.2, 0.25) is 0 Å². The van der Waals surface area contributed by atoms with Crippen molar-refractivity contribution in [2.24, 2.45) is 0 Å². The van der Waals surface area contributed by atoms with Crippen LogP contribution in [0.1, 0.15) is 36.5 Å². The van der Waals surface area contributed by atoms with E-state index in [0.29, 0.717) is 18.7 Å². The Labute approximate surface area is 132 Å². The molecule has 22 heavy (non-hydrogen) atoms. The van der Waals surface area contributed by atoms with E-state index in [0.717, 1.165) is 18.7 Å². The van der Waals surface area contributed by atoms with Crippen molar-refractivity contribution in [3.8, 4) is 12.1 Å². The first kappa shape index (κ1) is 17.5. The molecule has 0 aliphatic rings. The van der Waals surface area contributed by atoms with Crippen LogP contribution >= 0.6 is 0 Å². The van der Waals surface area contributed by atoms with Crippen molar-refractivity contribution in [2.75, 3.05) is 31.6 Å². The second-order valence-corrected chi connectivity index (χ2v) is 5.08. The van der Waals surface area contributed by atoms with Crippen LogP contribution in [-0.4, -0.2) is 37.5 Å². The van der Waals surface area contributed by atoms with Gasteiger partial charge in [0.25, 0.3) is 5.91 Å². The van der Waals surface area contributed by atoms with Crippen LogP contribution in [0.2, 0.25) is 0 Å². The molecule has 5 nitrogen and oxygen atoms in total. The molecule has 1 amide bonds. The van der Waals surface area contributed by atoms with Gasteiger partial charge in [0.1, 0.15) is 0 Å². The number of amides is 1. The van der Waals surface area contributed by atoms with E-state index in [1.54, 1.807) is 17.0 Å². The largest absolute Gasteiger partial charge is 0.375 e. The number of benzene rings is 1. The van der Waals surface area contributed by atoms with Crippen molar-refractivity contribution in [1.29, 1.82) is 10.5 Å². The number of nitrogens with zero attached hydrogens (tertiary/aromatic N) is 4. The fraction of sp³-hybridized carbons (Fsp3) is 0.471. The van der Waals surface area contributed by atoms with Crippen LogP contribution in [0.3, 0.4) is 0 Å². The van der Waals surface area contributed by atoms with Crippen LogP contribution in [-0.2, 0) is 0 Å². The highest BCUT2D eigenvalue weighted by Gasteiger charge is 2.15. The fourth-order valence-electron chi connectivity index (χ4n) is 2.19. The molecule has 0 aromatic heterocycles. The Kier molecular flexibility index (Phi) is 7.50. The lowest BCUT2D eigenvalue weighted by atomic mass is 10.1. The lowest BCUT2D eigenvalue weighted by Crippen LogP contribution is -2.32. The number of hydrogen-bond acceptors (Lipinski definition) is 4. The van der Waals surface area contributed by atoms with Crippen molar-refractivity contribution in [3.05, 3.63) is 29.8 Å². The Hall–Kier alpha value is -2.53. The van der Waals surface area contributed by atoms with Crippen molar-refractivity contribution in [1.82, 2.24) is 4.90 Å². The van der Waals surface area contributed by atoms with Gasteiger partial charge in [-0.25, -0.2) is 0 Å². The van der Waals surface area contributed by atoms with E-state index in [1.165, 1.54) is 0 Å². The third-order valence-electron chi connectivity index (χ3n) is 3.39. The molecule has 0 aliphatic carbocycles. The Morgan fingerprint density at radius 3 is 2.05 bits per heavy atom. The maximum atomic E-state index is 12.5. The summed E-state index contributed by atoms with van der Waals surface area (Å²) in [6.45, 7) is 3.80. The number of carbonyl (C=O) groups excluding carboxylic acids is 1. The molecule has 0 saturated carbocycles. The first-order chi connectivity index (χ1) is 10.6. The number of anilines is 1. The molecule has 5 heteroatoms. The molecule has 0 atom stereocenters. The maximum absolute atomic E-state index is 12.5. The van der Waals surface area contributed by atoms with Gasteiger partial charge in [-0.3, -0.25) is 4.79 Å². The summed E-state index contributed by atoms with van der Waals surface area (Å²) in [5.74, 6) is -0.129. The zero-order valence-electron chi connectivity index (χ0n) is 13.2. The summed E-state index contributed by atoms with van der Waals surface area (Å²) in [5.41, 5.74) is 1.66. The fourth-order valence-corrected chi connectivity index (χ4v) is 2.19. The third kappa shape index (κ3) is 5.10. The Bertz CT molecular complexity index is 536. The highest BCUT2D eigenvalue weighted by molar-refractivity contribution is 5.94. The Morgan fingerprint density at radius 2 is 1.59 bits per heavy atom.